The van der Waals surface area contributed by atoms with Crippen molar-refractivity contribution in [2.45, 2.75) is 12.8 Å². The van der Waals surface area contributed by atoms with Gasteiger partial charge in [0.2, 0.25) is 5.91 Å². The van der Waals surface area contributed by atoms with Crippen LogP contribution in [-0.2, 0) is 4.79 Å². The maximum absolute atomic E-state index is 12.1. The molecule has 1 aromatic carbocycles. The molecule has 0 radical (unpaired) electrons. The van der Waals surface area contributed by atoms with E-state index in [1.807, 2.05) is 24.3 Å². The standard InChI is InChI=1S/C19H22N4O2/c1-25-18-4-2-16(3-5-18)17-6-11-22(12-7-17)13-8-19(24)23(14-9-20)15-10-21/h2-6H,7-8,11-15H2,1H3. The summed E-state index contributed by atoms with van der Waals surface area (Å²) in [6, 6.07) is 11.9. The SMILES string of the molecule is COc1ccc(C2=CCN(CCC(=O)N(CC#N)CC#N)CC2)cc1. The zero-order valence-corrected chi connectivity index (χ0v) is 14.4. The number of rotatable bonds is 7. The first-order valence-electron chi connectivity index (χ1n) is 8.25. The van der Waals surface area contributed by atoms with Gasteiger partial charge in [-0.2, -0.15) is 10.5 Å². The van der Waals surface area contributed by atoms with Gasteiger partial charge in [-0.1, -0.05) is 18.2 Å². The molecule has 0 saturated heterocycles. The number of benzene rings is 1. The van der Waals surface area contributed by atoms with Gasteiger partial charge < -0.3 is 9.64 Å². The highest BCUT2D eigenvalue weighted by molar-refractivity contribution is 5.77. The summed E-state index contributed by atoms with van der Waals surface area (Å²) in [6.07, 6.45) is 3.45. The van der Waals surface area contributed by atoms with Crippen molar-refractivity contribution in [2.24, 2.45) is 0 Å². The average Bonchev–Trinajstić information content (AvgIpc) is 2.66. The van der Waals surface area contributed by atoms with E-state index >= 15 is 0 Å². The van der Waals surface area contributed by atoms with Gasteiger partial charge in [0.1, 0.15) is 18.8 Å². The van der Waals surface area contributed by atoms with Crippen LogP contribution in [0.3, 0.4) is 0 Å². The summed E-state index contributed by atoms with van der Waals surface area (Å²) in [6.45, 7) is 2.26. The molecule has 6 nitrogen and oxygen atoms in total. The smallest absolute Gasteiger partial charge is 0.225 e. The fraction of sp³-hybridized carbons (Fsp3) is 0.421. The van der Waals surface area contributed by atoms with Crippen molar-refractivity contribution in [1.29, 1.82) is 10.5 Å². The van der Waals surface area contributed by atoms with Crippen LogP contribution in [0.1, 0.15) is 18.4 Å². The number of hydrogen-bond donors (Lipinski definition) is 0. The third-order valence-electron chi connectivity index (χ3n) is 4.27. The van der Waals surface area contributed by atoms with Crippen LogP contribution in [0.25, 0.3) is 5.57 Å². The molecule has 1 aromatic rings. The Morgan fingerprint density at radius 3 is 2.44 bits per heavy atom. The van der Waals surface area contributed by atoms with Crippen molar-refractivity contribution in [1.82, 2.24) is 9.80 Å². The number of ether oxygens (including phenoxy) is 1. The lowest BCUT2D eigenvalue weighted by Crippen LogP contribution is -2.36. The van der Waals surface area contributed by atoms with Crippen LogP contribution in [0.15, 0.2) is 30.3 Å². The first-order valence-corrected chi connectivity index (χ1v) is 8.25. The van der Waals surface area contributed by atoms with Gasteiger partial charge in [-0.3, -0.25) is 9.69 Å². The molecule has 1 aliphatic rings. The van der Waals surface area contributed by atoms with Gasteiger partial charge in [0.05, 0.1) is 19.2 Å². The first kappa shape index (κ1) is 18.5. The minimum Gasteiger partial charge on any atom is -0.497 e. The van der Waals surface area contributed by atoms with E-state index in [2.05, 4.69) is 23.1 Å². The molecule has 0 aromatic heterocycles. The lowest BCUT2D eigenvalue weighted by Gasteiger charge is -2.27. The molecule has 0 atom stereocenters. The van der Waals surface area contributed by atoms with Gasteiger partial charge in [-0.15, -0.1) is 0 Å². The van der Waals surface area contributed by atoms with Gasteiger partial charge in [-0.25, -0.2) is 0 Å². The van der Waals surface area contributed by atoms with E-state index in [-0.39, 0.29) is 19.0 Å². The molecule has 0 saturated carbocycles. The Morgan fingerprint density at radius 1 is 1.24 bits per heavy atom. The van der Waals surface area contributed by atoms with Gasteiger partial charge in [0, 0.05) is 26.1 Å². The van der Waals surface area contributed by atoms with Gasteiger partial charge in [-0.05, 0) is 29.7 Å². The first-order chi connectivity index (χ1) is 12.2. The second kappa shape index (κ2) is 9.46. The number of nitrogens with zero attached hydrogens (tertiary/aromatic N) is 4. The van der Waals surface area contributed by atoms with E-state index < -0.39 is 0 Å². The third kappa shape index (κ3) is 5.34. The molecule has 0 unspecified atom stereocenters. The summed E-state index contributed by atoms with van der Waals surface area (Å²) >= 11 is 0. The zero-order valence-electron chi connectivity index (χ0n) is 14.4. The van der Waals surface area contributed by atoms with E-state index in [1.54, 1.807) is 7.11 Å². The number of carbonyl (C=O) groups excluding carboxylic acids is 1. The fourth-order valence-corrected chi connectivity index (χ4v) is 2.80. The monoisotopic (exact) mass is 338 g/mol. The molecular formula is C19H22N4O2. The van der Waals surface area contributed by atoms with Crippen molar-refractivity contribution in [3.63, 3.8) is 0 Å². The predicted octanol–water partition coefficient (Wildman–Crippen LogP) is 2.05. The summed E-state index contributed by atoms with van der Waals surface area (Å²) in [7, 11) is 1.66. The topological polar surface area (TPSA) is 80.4 Å². The predicted molar refractivity (Wildman–Crippen MR) is 94.5 cm³/mol. The molecular weight excluding hydrogens is 316 g/mol. The highest BCUT2D eigenvalue weighted by atomic mass is 16.5. The molecule has 2 rings (SSSR count). The van der Waals surface area contributed by atoms with Crippen molar-refractivity contribution < 1.29 is 9.53 Å². The Morgan fingerprint density at radius 2 is 1.92 bits per heavy atom. The Hall–Kier alpha value is -2.83. The Bertz CT molecular complexity index is 682. The number of amides is 1. The molecule has 0 spiro atoms. The molecule has 1 amide bonds. The van der Waals surface area contributed by atoms with E-state index in [4.69, 9.17) is 15.3 Å². The van der Waals surface area contributed by atoms with Crippen molar-refractivity contribution in [3.8, 4) is 17.9 Å². The Balaban J connectivity index is 1.84. The summed E-state index contributed by atoms with van der Waals surface area (Å²) < 4.78 is 5.18. The maximum Gasteiger partial charge on any atom is 0.225 e. The highest BCUT2D eigenvalue weighted by Crippen LogP contribution is 2.24. The lowest BCUT2D eigenvalue weighted by atomic mass is 9.99. The zero-order chi connectivity index (χ0) is 18.1. The molecule has 0 aliphatic carbocycles. The molecule has 25 heavy (non-hydrogen) atoms. The van der Waals surface area contributed by atoms with E-state index in [9.17, 15) is 4.79 Å². The van der Waals surface area contributed by atoms with E-state index in [1.165, 1.54) is 16.0 Å². The van der Waals surface area contributed by atoms with Gasteiger partial charge >= 0.3 is 0 Å². The van der Waals surface area contributed by atoms with Crippen LogP contribution in [-0.4, -0.2) is 55.5 Å². The fourth-order valence-electron chi connectivity index (χ4n) is 2.80. The second-order valence-electron chi connectivity index (χ2n) is 5.82. The van der Waals surface area contributed by atoms with Crippen molar-refractivity contribution >= 4 is 11.5 Å². The third-order valence-corrected chi connectivity index (χ3v) is 4.27. The molecule has 130 valence electrons. The Labute approximate surface area is 148 Å². The Kier molecular flexibility index (Phi) is 7.00. The number of carbonyl (C=O) groups is 1. The molecule has 6 heteroatoms. The number of methoxy groups -OCH3 is 1. The largest absolute Gasteiger partial charge is 0.497 e. The van der Waals surface area contributed by atoms with Gasteiger partial charge in [0.15, 0.2) is 0 Å². The molecule has 0 bridgehead atoms. The summed E-state index contributed by atoms with van der Waals surface area (Å²) in [4.78, 5) is 15.6. The average molecular weight is 338 g/mol. The van der Waals surface area contributed by atoms with E-state index in [0.717, 1.165) is 25.3 Å². The van der Waals surface area contributed by atoms with Crippen LogP contribution in [0.2, 0.25) is 0 Å². The van der Waals surface area contributed by atoms with Crippen LogP contribution in [0, 0.1) is 22.7 Å². The highest BCUT2D eigenvalue weighted by Gasteiger charge is 2.17. The second-order valence-corrected chi connectivity index (χ2v) is 5.82. The molecule has 0 fully saturated rings. The maximum atomic E-state index is 12.1. The quantitative estimate of drug-likeness (QED) is 0.711. The molecule has 0 N–H and O–H groups in total. The number of nitriles is 2. The van der Waals surface area contributed by atoms with Crippen LogP contribution in [0.4, 0.5) is 0 Å². The summed E-state index contributed by atoms with van der Waals surface area (Å²) in [5, 5.41) is 17.4. The molecule has 1 heterocycles. The van der Waals surface area contributed by atoms with Gasteiger partial charge in [0.25, 0.3) is 0 Å². The normalized spacial score (nSPS) is 14.1. The number of hydrogen-bond acceptors (Lipinski definition) is 5. The van der Waals surface area contributed by atoms with E-state index in [0.29, 0.717) is 13.0 Å². The van der Waals surface area contributed by atoms with Crippen LogP contribution >= 0.6 is 0 Å². The summed E-state index contributed by atoms with van der Waals surface area (Å²) in [5.41, 5.74) is 2.51. The van der Waals surface area contributed by atoms with Crippen LogP contribution in [0.5, 0.6) is 5.75 Å². The minimum absolute atomic E-state index is 0.0338. The summed E-state index contributed by atoms with van der Waals surface area (Å²) in [5.74, 6) is 0.702. The minimum atomic E-state index is -0.145. The lowest BCUT2D eigenvalue weighted by molar-refractivity contribution is -0.130. The van der Waals surface area contributed by atoms with Crippen molar-refractivity contribution in [2.75, 3.05) is 39.8 Å². The molecule has 1 aliphatic heterocycles. The van der Waals surface area contributed by atoms with Crippen LogP contribution < -0.4 is 4.74 Å². The van der Waals surface area contributed by atoms with Crippen molar-refractivity contribution in [3.05, 3.63) is 35.9 Å².